The van der Waals surface area contributed by atoms with E-state index in [1.807, 2.05) is 6.07 Å². The minimum absolute atomic E-state index is 0.147. The first-order valence-corrected chi connectivity index (χ1v) is 10.2. The molecule has 0 saturated heterocycles. The van der Waals surface area contributed by atoms with Crippen LogP contribution in [0.5, 0.6) is 5.75 Å². The minimum Gasteiger partial charge on any atom is -0.494 e. The Bertz CT molecular complexity index is 800. The maximum atomic E-state index is 10.7. The number of rotatable bonds is 9. The quantitative estimate of drug-likeness (QED) is 0.650. The zero-order valence-electron chi connectivity index (χ0n) is 17.0. The second kappa shape index (κ2) is 9.74. The van der Waals surface area contributed by atoms with Gasteiger partial charge in [-0.25, -0.2) is 0 Å². The molecule has 2 aromatic rings. The first kappa shape index (κ1) is 20.4. The highest BCUT2D eigenvalue weighted by Gasteiger charge is 2.23. The lowest BCUT2D eigenvalue weighted by Crippen LogP contribution is -2.14. The van der Waals surface area contributed by atoms with Gasteiger partial charge in [0.05, 0.1) is 6.61 Å². The zero-order valence-corrected chi connectivity index (χ0v) is 17.0. The molecule has 3 rings (SSSR count). The van der Waals surface area contributed by atoms with Crippen molar-refractivity contribution < 1.29 is 14.6 Å². The molecule has 1 aliphatic carbocycles. The molecule has 0 radical (unpaired) electrons. The van der Waals surface area contributed by atoms with Crippen LogP contribution in [-0.2, 0) is 17.6 Å². The van der Waals surface area contributed by atoms with E-state index in [0.717, 1.165) is 31.6 Å². The Morgan fingerprint density at radius 2 is 1.82 bits per heavy atom. The highest BCUT2D eigenvalue weighted by atomic mass is 16.5. The van der Waals surface area contributed by atoms with Crippen LogP contribution < -0.4 is 4.74 Å². The molecule has 0 saturated carbocycles. The first-order valence-electron chi connectivity index (χ1n) is 10.2. The Morgan fingerprint density at radius 3 is 2.61 bits per heavy atom. The van der Waals surface area contributed by atoms with E-state index in [-0.39, 0.29) is 6.42 Å². The second-order valence-corrected chi connectivity index (χ2v) is 7.90. The number of benzene rings is 2. The second-order valence-electron chi connectivity index (χ2n) is 7.90. The summed E-state index contributed by atoms with van der Waals surface area (Å²) in [6.07, 6.45) is 5.05. The van der Waals surface area contributed by atoms with E-state index in [0.29, 0.717) is 18.9 Å². The van der Waals surface area contributed by atoms with E-state index in [2.05, 4.69) is 55.4 Å². The van der Waals surface area contributed by atoms with Gasteiger partial charge >= 0.3 is 5.97 Å². The molecule has 0 fully saturated rings. The predicted molar refractivity (Wildman–Crippen MR) is 112 cm³/mol. The van der Waals surface area contributed by atoms with Gasteiger partial charge < -0.3 is 14.7 Å². The molecular formula is C24H31NO3. The fourth-order valence-electron chi connectivity index (χ4n) is 4.10. The van der Waals surface area contributed by atoms with Crippen molar-refractivity contribution in [2.75, 3.05) is 27.2 Å². The molecule has 4 heteroatoms. The Balaban J connectivity index is 1.79. The molecule has 1 unspecified atom stereocenters. The van der Waals surface area contributed by atoms with Crippen molar-refractivity contribution >= 4 is 5.97 Å². The average Bonchev–Trinajstić information content (AvgIpc) is 2.82. The third-order valence-corrected chi connectivity index (χ3v) is 5.49. The number of aliphatic carboxylic acids is 1. The smallest absolute Gasteiger partial charge is 0.303 e. The van der Waals surface area contributed by atoms with Gasteiger partial charge in [0.2, 0.25) is 0 Å². The van der Waals surface area contributed by atoms with Crippen LogP contribution in [0.2, 0.25) is 0 Å². The Morgan fingerprint density at radius 1 is 1.07 bits per heavy atom. The van der Waals surface area contributed by atoms with Crippen molar-refractivity contribution in [3.05, 3.63) is 64.7 Å². The van der Waals surface area contributed by atoms with Gasteiger partial charge in [0.15, 0.2) is 0 Å². The molecule has 1 N–H and O–H groups in total. The monoisotopic (exact) mass is 381 g/mol. The fourth-order valence-corrected chi connectivity index (χ4v) is 4.10. The van der Waals surface area contributed by atoms with Crippen LogP contribution in [-0.4, -0.2) is 43.2 Å². The summed E-state index contributed by atoms with van der Waals surface area (Å²) >= 11 is 0. The molecule has 1 atom stereocenters. The number of nitrogens with zero attached hydrogens (tertiary/aromatic N) is 1. The summed E-state index contributed by atoms with van der Waals surface area (Å²) in [5.41, 5.74) is 5.70. The summed E-state index contributed by atoms with van der Waals surface area (Å²) in [7, 11) is 4.26. The van der Waals surface area contributed by atoms with Crippen LogP contribution in [0.4, 0.5) is 0 Å². The Kier molecular flexibility index (Phi) is 7.10. The molecule has 1 aliphatic rings. The number of carboxylic acid groups (broad SMARTS) is 1. The molecule has 0 spiro atoms. The number of aryl methyl sites for hydroxylation is 2. The Hall–Kier alpha value is -2.33. The van der Waals surface area contributed by atoms with Gasteiger partial charge in [-0.15, -0.1) is 0 Å². The fraction of sp³-hybridized carbons (Fsp3) is 0.458. The highest BCUT2D eigenvalue weighted by Crippen LogP contribution is 2.38. The van der Waals surface area contributed by atoms with E-state index in [4.69, 9.17) is 9.84 Å². The van der Waals surface area contributed by atoms with Gasteiger partial charge in [-0.2, -0.15) is 0 Å². The topological polar surface area (TPSA) is 49.8 Å². The molecular weight excluding hydrogens is 350 g/mol. The summed E-state index contributed by atoms with van der Waals surface area (Å²) in [6, 6.07) is 15.3. The molecule has 4 nitrogen and oxygen atoms in total. The van der Waals surface area contributed by atoms with E-state index >= 15 is 0 Å². The van der Waals surface area contributed by atoms with Crippen LogP contribution in [0.25, 0.3) is 0 Å². The number of hydrogen-bond donors (Lipinski definition) is 1. The molecule has 0 heterocycles. The minimum atomic E-state index is -0.774. The lowest BCUT2D eigenvalue weighted by atomic mass is 9.84. The van der Waals surface area contributed by atoms with E-state index in [9.17, 15) is 4.79 Å². The van der Waals surface area contributed by atoms with Crippen molar-refractivity contribution in [3.8, 4) is 5.75 Å². The zero-order chi connectivity index (χ0) is 19.9. The summed E-state index contributed by atoms with van der Waals surface area (Å²) in [4.78, 5) is 12.9. The molecule has 0 amide bonds. The highest BCUT2D eigenvalue weighted by molar-refractivity contribution is 5.66. The van der Waals surface area contributed by atoms with Crippen LogP contribution in [0, 0.1) is 0 Å². The van der Waals surface area contributed by atoms with Gasteiger partial charge in [-0.3, -0.25) is 4.79 Å². The maximum Gasteiger partial charge on any atom is 0.303 e. The largest absolute Gasteiger partial charge is 0.494 e. The van der Waals surface area contributed by atoms with E-state index < -0.39 is 5.97 Å². The summed E-state index contributed by atoms with van der Waals surface area (Å²) in [5, 5.41) is 8.76. The van der Waals surface area contributed by atoms with Gasteiger partial charge in [-0.05, 0) is 87.1 Å². The molecule has 2 aromatic carbocycles. The first-order chi connectivity index (χ1) is 13.5. The van der Waals surface area contributed by atoms with Gasteiger partial charge in [-0.1, -0.05) is 30.3 Å². The van der Waals surface area contributed by atoms with Crippen molar-refractivity contribution in [1.82, 2.24) is 4.90 Å². The third kappa shape index (κ3) is 5.35. The number of carboxylic acids is 1. The lowest BCUT2D eigenvalue weighted by molar-refractivity contribution is -0.137. The lowest BCUT2D eigenvalue weighted by Gasteiger charge is -2.22. The number of fused-ring (bicyclic) bond motifs is 2. The maximum absolute atomic E-state index is 10.7. The SMILES string of the molecule is CN(C)CCCC1c2ccccc2CCc2cc(OCCCC(=O)O)ccc21. The number of hydrogen-bond acceptors (Lipinski definition) is 3. The van der Waals surface area contributed by atoms with Crippen molar-refractivity contribution in [1.29, 1.82) is 0 Å². The van der Waals surface area contributed by atoms with Gasteiger partial charge in [0.25, 0.3) is 0 Å². The Labute approximate surface area is 168 Å². The third-order valence-electron chi connectivity index (χ3n) is 5.49. The molecule has 0 aliphatic heterocycles. The van der Waals surface area contributed by atoms with Crippen molar-refractivity contribution in [2.24, 2.45) is 0 Å². The van der Waals surface area contributed by atoms with E-state index in [1.54, 1.807) is 0 Å². The molecule has 0 aromatic heterocycles. The van der Waals surface area contributed by atoms with E-state index in [1.165, 1.54) is 28.7 Å². The summed E-state index contributed by atoms with van der Waals surface area (Å²) in [6.45, 7) is 1.54. The van der Waals surface area contributed by atoms with Crippen molar-refractivity contribution in [2.45, 2.75) is 44.4 Å². The normalized spacial score (nSPS) is 15.6. The van der Waals surface area contributed by atoms with Crippen LogP contribution in [0.1, 0.15) is 53.9 Å². The number of carbonyl (C=O) groups is 1. The van der Waals surface area contributed by atoms with Crippen molar-refractivity contribution in [3.63, 3.8) is 0 Å². The number of ether oxygens (including phenoxy) is 1. The standard InChI is InChI=1S/C24H31NO3/c1-25(2)15-5-9-23-21-8-4-3-7-18(21)11-12-19-17-20(13-14-22(19)23)28-16-6-10-24(26)27/h3-4,7-8,13-14,17,23H,5-6,9-12,15-16H2,1-2H3,(H,26,27). The average molecular weight is 382 g/mol. The van der Waals surface area contributed by atoms with Gasteiger partial charge in [0.1, 0.15) is 5.75 Å². The predicted octanol–water partition coefficient (Wildman–Crippen LogP) is 4.50. The summed E-state index contributed by atoms with van der Waals surface area (Å²) < 4.78 is 5.82. The van der Waals surface area contributed by atoms with Crippen LogP contribution in [0.3, 0.4) is 0 Å². The van der Waals surface area contributed by atoms with Crippen LogP contribution in [0.15, 0.2) is 42.5 Å². The molecule has 150 valence electrons. The van der Waals surface area contributed by atoms with Gasteiger partial charge in [0, 0.05) is 12.3 Å². The van der Waals surface area contributed by atoms with Crippen LogP contribution >= 0.6 is 0 Å². The molecule has 0 bridgehead atoms. The summed E-state index contributed by atoms with van der Waals surface area (Å²) in [5.74, 6) is 0.501. The molecule has 28 heavy (non-hydrogen) atoms.